The van der Waals surface area contributed by atoms with Crippen LogP contribution in [0.5, 0.6) is 0 Å². The third-order valence-electron chi connectivity index (χ3n) is 8.56. The van der Waals surface area contributed by atoms with Crippen LogP contribution in [-0.4, -0.2) is 15.0 Å². The van der Waals surface area contributed by atoms with Crippen molar-refractivity contribution < 1.29 is 42.3 Å². The topological polar surface area (TPSA) is 51.8 Å². The number of rotatable bonds is 5. The van der Waals surface area contributed by atoms with Gasteiger partial charge in [-0.1, -0.05) is 107 Å². The summed E-state index contributed by atoms with van der Waals surface area (Å²) in [5.41, 5.74) is 3.40. The molecule has 0 N–H and O–H groups in total. The molecule has 4 nitrogen and oxygen atoms in total. The van der Waals surface area contributed by atoms with Gasteiger partial charge < -0.3 is 14.4 Å². The van der Waals surface area contributed by atoms with Crippen LogP contribution in [-0.2, 0) is 32.9 Å². The van der Waals surface area contributed by atoms with Crippen LogP contribution in [0.1, 0.15) is 87.4 Å². The molecule has 1 radical (unpaired) electrons. The third-order valence-corrected chi connectivity index (χ3v) is 8.56. The van der Waals surface area contributed by atoms with Crippen molar-refractivity contribution in [2.75, 3.05) is 0 Å². The van der Waals surface area contributed by atoms with E-state index in [1.807, 2.05) is 81.4 Å². The maximum absolute atomic E-state index is 8.84. The van der Waals surface area contributed by atoms with Gasteiger partial charge in [-0.2, -0.15) is 0 Å². The zero-order valence-electron chi connectivity index (χ0n) is 44.5. The number of fused-ring (bicyclic) bond motifs is 5. The molecular formula is C50H49IrN3O-2. The Labute approximate surface area is 358 Å². The van der Waals surface area contributed by atoms with Gasteiger partial charge in [0.15, 0.2) is 0 Å². The Morgan fingerprint density at radius 2 is 1.45 bits per heavy atom. The minimum atomic E-state index is -2.69. The molecule has 0 aliphatic carbocycles. The van der Waals surface area contributed by atoms with E-state index in [0.717, 1.165) is 28.6 Å². The third kappa shape index (κ3) is 9.13. The Balaban J connectivity index is 0.000000250. The van der Waals surface area contributed by atoms with Crippen LogP contribution in [0.15, 0.2) is 114 Å². The number of hydrogen-bond donors (Lipinski definition) is 0. The van der Waals surface area contributed by atoms with Crippen molar-refractivity contribution in [3.05, 3.63) is 150 Å². The van der Waals surface area contributed by atoms with E-state index >= 15 is 0 Å². The molecule has 4 aromatic heterocycles. The monoisotopic (exact) mass is 913 g/mol. The second-order valence-electron chi connectivity index (χ2n) is 15.2. The van der Waals surface area contributed by atoms with E-state index in [-0.39, 0.29) is 64.7 Å². The molecule has 8 aromatic rings. The molecule has 0 saturated carbocycles. The molecule has 0 saturated heterocycles. The van der Waals surface area contributed by atoms with Gasteiger partial charge in [-0.15, -0.1) is 54.1 Å². The van der Waals surface area contributed by atoms with E-state index in [1.165, 1.54) is 12.1 Å². The molecule has 4 heterocycles. The summed E-state index contributed by atoms with van der Waals surface area (Å²) < 4.78 is 112. The zero-order valence-corrected chi connectivity index (χ0v) is 33.9. The van der Waals surface area contributed by atoms with Crippen molar-refractivity contribution >= 4 is 32.7 Å². The van der Waals surface area contributed by atoms with Gasteiger partial charge in [-0.25, -0.2) is 0 Å². The van der Waals surface area contributed by atoms with Gasteiger partial charge in [0.05, 0.1) is 5.58 Å². The molecule has 0 atom stereocenters. The van der Waals surface area contributed by atoms with Crippen LogP contribution >= 0.6 is 0 Å². The molecule has 0 aliphatic rings. The molecule has 281 valence electrons. The standard InChI is InChI=1S/C28H27N2O.C22H22N.Ir/c1-16-15-29-25(13-19(16)14-28(4,5)6)23-9-7-8-21-22-11-10-20-18(3)30-17(2)12-24(20)27(22)31-26(21)23;1-22(2,3)16-17-9-11-18(12-10-17)20-13-14-23-21(15-20)19-7-5-4-6-8-19;/h7-8,10-13,15H,14H2,1-6H3;4-7,9-15H,16H2,1-3H3;/q2*-1;/i1D3,2D3,3D3,14D2;16D2;. The van der Waals surface area contributed by atoms with Crippen LogP contribution in [0.4, 0.5) is 0 Å². The predicted octanol–water partition coefficient (Wildman–Crippen LogP) is 13.3. The van der Waals surface area contributed by atoms with E-state index in [9.17, 15) is 0 Å². The molecule has 0 bridgehead atoms. The van der Waals surface area contributed by atoms with Crippen LogP contribution in [0.25, 0.3) is 66.4 Å². The molecule has 0 aliphatic heterocycles. The van der Waals surface area contributed by atoms with Gasteiger partial charge in [0.1, 0.15) is 5.58 Å². The summed E-state index contributed by atoms with van der Waals surface area (Å²) in [4.78, 5) is 12.8. The van der Waals surface area contributed by atoms with E-state index in [1.54, 1.807) is 51.2 Å². The summed E-state index contributed by atoms with van der Waals surface area (Å²) in [6.45, 7) is 2.86. The van der Waals surface area contributed by atoms with Gasteiger partial charge in [0, 0.05) is 77.9 Å². The van der Waals surface area contributed by atoms with Gasteiger partial charge in [-0.3, -0.25) is 4.98 Å². The number of benzene rings is 4. The zero-order chi connectivity index (χ0) is 49.3. The smallest absolute Gasteiger partial charge is 0.128 e. The molecule has 5 heteroatoms. The van der Waals surface area contributed by atoms with Crippen molar-refractivity contribution in [1.29, 1.82) is 0 Å². The fraction of sp³-hybridized carbons (Fsp3) is 0.260. The van der Waals surface area contributed by atoms with Crippen molar-refractivity contribution in [2.24, 2.45) is 10.8 Å². The second kappa shape index (κ2) is 16.0. The Morgan fingerprint density at radius 3 is 2.16 bits per heavy atom. The maximum Gasteiger partial charge on any atom is 0.128 e. The number of furan rings is 1. The summed E-state index contributed by atoms with van der Waals surface area (Å²) in [6, 6.07) is 35.1. The fourth-order valence-corrected chi connectivity index (χ4v) is 6.30. The first-order chi connectivity index (χ1) is 30.9. The molecule has 0 fully saturated rings. The Kier molecular flexibility index (Phi) is 7.57. The van der Waals surface area contributed by atoms with E-state index < -0.39 is 44.1 Å². The first-order valence-corrected chi connectivity index (χ1v) is 17.7. The second-order valence-corrected chi connectivity index (χ2v) is 15.2. The first kappa shape index (κ1) is 26.0. The number of hydrogen-bond acceptors (Lipinski definition) is 4. The van der Waals surface area contributed by atoms with Gasteiger partial charge >= 0.3 is 0 Å². The minimum Gasteiger partial charge on any atom is -0.500 e. The molecule has 55 heavy (non-hydrogen) atoms. The summed E-state index contributed by atoms with van der Waals surface area (Å²) in [6.07, 6.45) is -0.471. The summed E-state index contributed by atoms with van der Waals surface area (Å²) in [5.74, 6) is 0. The molecule has 0 spiro atoms. The van der Waals surface area contributed by atoms with Crippen molar-refractivity contribution in [2.45, 2.75) is 74.8 Å². The van der Waals surface area contributed by atoms with Crippen molar-refractivity contribution in [3.8, 4) is 33.6 Å². The predicted molar refractivity (Wildman–Crippen MR) is 226 cm³/mol. The summed E-state index contributed by atoms with van der Waals surface area (Å²) >= 11 is 0. The Morgan fingerprint density at radius 1 is 0.673 bits per heavy atom. The van der Waals surface area contributed by atoms with E-state index in [4.69, 9.17) is 22.2 Å². The molecule has 0 amide bonds. The molecule has 8 rings (SSSR count). The van der Waals surface area contributed by atoms with Crippen LogP contribution in [0.2, 0.25) is 0 Å². The van der Waals surface area contributed by atoms with E-state index in [0.29, 0.717) is 27.5 Å². The van der Waals surface area contributed by atoms with Gasteiger partial charge in [0.2, 0.25) is 0 Å². The quantitative estimate of drug-likeness (QED) is 0.161. The summed E-state index contributed by atoms with van der Waals surface area (Å²) in [5, 5.41) is 1.67. The molecular weight excluding hydrogens is 851 g/mol. The number of aryl methyl sites for hydroxylation is 3. The number of pyridine rings is 3. The first-order valence-electron chi connectivity index (χ1n) is 24.2. The van der Waals surface area contributed by atoms with Crippen LogP contribution in [0, 0.1) is 43.5 Å². The summed E-state index contributed by atoms with van der Waals surface area (Å²) in [7, 11) is 0. The Hall–Kier alpha value is -4.96. The largest absolute Gasteiger partial charge is 0.500 e. The molecule has 4 aromatic carbocycles. The van der Waals surface area contributed by atoms with Crippen LogP contribution < -0.4 is 0 Å². The fourth-order valence-electron chi connectivity index (χ4n) is 6.30. The van der Waals surface area contributed by atoms with Crippen LogP contribution in [0.3, 0.4) is 0 Å². The van der Waals surface area contributed by atoms with Crippen molar-refractivity contribution in [1.82, 2.24) is 15.0 Å². The SMILES string of the molecule is [2H]C([2H])([2H])c1cc2c(ccc3c4cc[c-]c(-c5cc(C([2H])([2H])C(C)(C)C)c(C([2H])([2H])[2H])cn5)c4oc23)c(C([2H])([2H])[2H])n1.[2H]C([2H])(c1ccc(-c2ccnc(-c3[c-]cccc3)c2)cc1)C(C)(C)C.[Ir]. The molecule has 0 unspecified atom stereocenters. The van der Waals surface area contributed by atoms with Gasteiger partial charge in [0.25, 0.3) is 0 Å². The average Bonchev–Trinajstić information content (AvgIpc) is 3.64. The number of aromatic nitrogens is 3. The number of nitrogens with zero attached hydrogens (tertiary/aromatic N) is 3. The Bertz CT molecular complexity index is 3110. The average molecular weight is 913 g/mol. The van der Waals surface area contributed by atoms with E-state index in [2.05, 4.69) is 27.1 Å². The van der Waals surface area contributed by atoms with Crippen molar-refractivity contribution in [3.63, 3.8) is 0 Å². The maximum atomic E-state index is 8.84. The minimum absolute atomic E-state index is 0. The van der Waals surface area contributed by atoms with Gasteiger partial charge in [-0.05, 0) is 89.9 Å². The normalized spacial score (nSPS) is 16.4.